The Kier molecular flexibility index (Phi) is 2.11. The van der Waals surface area contributed by atoms with Gasteiger partial charge in [0.1, 0.15) is 0 Å². The second kappa shape index (κ2) is 3.09. The molecular weight excluding hydrogens is 140 g/mol. The zero-order valence-corrected chi connectivity index (χ0v) is 7.05. The lowest BCUT2D eigenvalue weighted by atomic mass is 10.0. The molecule has 0 spiro atoms. The van der Waals surface area contributed by atoms with E-state index in [2.05, 4.69) is 10.2 Å². The maximum absolute atomic E-state index is 5.65. The highest BCUT2D eigenvalue weighted by Gasteiger charge is 2.31. The molecule has 1 unspecified atom stereocenters. The largest absolute Gasteiger partial charge is 0.374 e. The van der Waals surface area contributed by atoms with E-state index in [1.165, 1.54) is 13.0 Å². The van der Waals surface area contributed by atoms with Crippen molar-refractivity contribution >= 4 is 0 Å². The Labute approximate surface area is 67.7 Å². The number of hydrogen-bond donors (Lipinski definition) is 1. The molecule has 2 bridgehead atoms. The predicted octanol–water partition coefficient (Wildman–Crippen LogP) is -0.321. The van der Waals surface area contributed by atoms with E-state index in [9.17, 15) is 0 Å². The minimum Gasteiger partial charge on any atom is -0.374 e. The highest BCUT2D eigenvalue weighted by atomic mass is 16.5. The highest BCUT2D eigenvalue weighted by Crippen LogP contribution is 2.17. The van der Waals surface area contributed by atoms with E-state index in [0.717, 1.165) is 19.7 Å². The van der Waals surface area contributed by atoms with Crippen molar-refractivity contribution in [1.29, 1.82) is 0 Å². The van der Waals surface area contributed by atoms with Crippen LogP contribution in [0.3, 0.4) is 0 Å². The summed E-state index contributed by atoms with van der Waals surface area (Å²) in [5, 5.41) is 3.31. The van der Waals surface area contributed by atoms with Crippen molar-refractivity contribution in [3.05, 3.63) is 0 Å². The molecule has 0 radical (unpaired) electrons. The van der Waals surface area contributed by atoms with Crippen LogP contribution in [0.1, 0.15) is 6.42 Å². The van der Waals surface area contributed by atoms with Gasteiger partial charge in [0.2, 0.25) is 0 Å². The van der Waals surface area contributed by atoms with Gasteiger partial charge in [-0.1, -0.05) is 0 Å². The first-order valence-corrected chi connectivity index (χ1v) is 4.41. The predicted molar refractivity (Wildman–Crippen MR) is 43.6 cm³/mol. The number of rotatable bonds is 1. The molecule has 0 aromatic rings. The first-order valence-electron chi connectivity index (χ1n) is 4.41. The van der Waals surface area contributed by atoms with Gasteiger partial charge < -0.3 is 10.1 Å². The number of morpholine rings is 1. The van der Waals surface area contributed by atoms with Crippen LogP contribution >= 0.6 is 0 Å². The van der Waals surface area contributed by atoms with Crippen molar-refractivity contribution in [1.82, 2.24) is 10.2 Å². The lowest BCUT2D eigenvalue weighted by Crippen LogP contribution is -2.57. The maximum atomic E-state index is 5.65. The van der Waals surface area contributed by atoms with Crippen molar-refractivity contribution in [2.45, 2.75) is 18.6 Å². The second-order valence-electron chi connectivity index (χ2n) is 3.39. The van der Waals surface area contributed by atoms with Crippen LogP contribution in [0.5, 0.6) is 0 Å². The fourth-order valence-corrected chi connectivity index (χ4v) is 2.02. The van der Waals surface area contributed by atoms with Crippen molar-refractivity contribution in [2.75, 3.05) is 33.3 Å². The van der Waals surface area contributed by atoms with Crippen LogP contribution in [0, 0.1) is 0 Å². The monoisotopic (exact) mass is 156 g/mol. The Bertz CT molecular complexity index is 140. The van der Waals surface area contributed by atoms with Gasteiger partial charge in [-0.2, -0.15) is 0 Å². The Morgan fingerprint density at radius 1 is 1.45 bits per heavy atom. The van der Waals surface area contributed by atoms with Gasteiger partial charge in [0.15, 0.2) is 0 Å². The summed E-state index contributed by atoms with van der Waals surface area (Å²) in [4.78, 5) is 2.49. The summed E-state index contributed by atoms with van der Waals surface area (Å²) >= 11 is 0. The zero-order chi connectivity index (χ0) is 7.68. The molecule has 3 atom stereocenters. The number of piperidine rings is 1. The molecule has 0 aromatic carbocycles. The van der Waals surface area contributed by atoms with Crippen molar-refractivity contribution < 1.29 is 4.74 Å². The lowest BCUT2D eigenvalue weighted by molar-refractivity contribution is -0.0706. The Morgan fingerprint density at radius 3 is 3.18 bits per heavy atom. The summed E-state index contributed by atoms with van der Waals surface area (Å²) in [6.07, 6.45) is 1.68. The third kappa shape index (κ3) is 1.41. The van der Waals surface area contributed by atoms with Gasteiger partial charge in [-0.15, -0.1) is 0 Å². The van der Waals surface area contributed by atoms with Crippen molar-refractivity contribution in [2.24, 2.45) is 0 Å². The van der Waals surface area contributed by atoms with Crippen LogP contribution in [0.4, 0.5) is 0 Å². The number of hydrogen-bond acceptors (Lipinski definition) is 3. The molecule has 1 N–H and O–H groups in total. The van der Waals surface area contributed by atoms with E-state index < -0.39 is 0 Å². The second-order valence-corrected chi connectivity index (χ2v) is 3.39. The molecule has 11 heavy (non-hydrogen) atoms. The van der Waals surface area contributed by atoms with Gasteiger partial charge in [-0.05, 0) is 20.0 Å². The van der Waals surface area contributed by atoms with Crippen molar-refractivity contribution in [3.8, 4) is 0 Å². The lowest BCUT2D eigenvalue weighted by Gasteiger charge is -2.42. The van der Waals surface area contributed by atoms with E-state index in [4.69, 9.17) is 4.74 Å². The molecule has 64 valence electrons. The van der Waals surface area contributed by atoms with Gasteiger partial charge in [-0.3, -0.25) is 4.90 Å². The van der Waals surface area contributed by atoms with Crippen LogP contribution in [0.2, 0.25) is 0 Å². The van der Waals surface area contributed by atoms with Crippen LogP contribution in [-0.2, 0) is 4.74 Å². The molecule has 3 nitrogen and oxygen atoms in total. The van der Waals surface area contributed by atoms with E-state index in [1.54, 1.807) is 0 Å². The number of likely N-dealkylation sites (N-methyl/N-ethyl adjacent to an activating group) is 1. The van der Waals surface area contributed by atoms with Crippen LogP contribution in [0.15, 0.2) is 0 Å². The third-order valence-corrected chi connectivity index (χ3v) is 2.75. The van der Waals surface area contributed by atoms with Crippen LogP contribution in [-0.4, -0.2) is 50.3 Å². The van der Waals surface area contributed by atoms with E-state index in [0.29, 0.717) is 12.1 Å². The van der Waals surface area contributed by atoms with Gasteiger partial charge >= 0.3 is 0 Å². The molecule has 2 heterocycles. The standard InChI is InChI=1S/C8H16N2O/c1-9-7-2-3-10-4-5-11-8(7)6-10/h7-9H,2-6H2,1H3/t7-,8+/m0/s1. The fraction of sp³-hybridized carbons (Fsp3) is 1.00. The number of nitrogens with zero attached hydrogens (tertiary/aromatic N) is 1. The Balaban J connectivity index is 1.97. The summed E-state index contributed by atoms with van der Waals surface area (Å²) in [6, 6.07) is 0.589. The summed E-state index contributed by atoms with van der Waals surface area (Å²) in [5.74, 6) is 0. The maximum Gasteiger partial charge on any atom is 0.0855 e. The minimum absolute atomic E-state index is 0.447. The molecule has 2 rings (SSSR count). The summed E-state index contributed by atoms with van der Waals surface area (Å²) in [5.41, 5.74) is 0. The molecule has 3 heteroatoms. The molecule has 2 aliphatic heterocycles. The number of nitrogens with one attached hydrogen (secondary N) is 1. The van der Waals surface area contributed by atoms with Gasteiger partial charge in [0.05, 0.1) is 12.7 Å². The van der Waals surface area contributed by atoms with Crippen molar-refractivity contribution in [3.63, 3.8) is 0 Å². The fourth-order valence-electron chi connectivity index (χ4n) is 2.02. The highest BCUT2D eigenvalue weighted by molar-refractivity contribution is 4.87. The number of ether oxygens (including phenoxy) is 1. The molecular formula is C8H16N2O. The summed E-state index contributed by atoms with van der Waals surface area (Å²) < 4.78 is 5.65. The molecule has 2 saturated heterocycles. The quantitative estimate of drug-likeness (QED) is 0.563. The first-order chi connectivity index (χ1) is 5.40. The Hall–Kier alpha value is -0.120. The van der Waals surface area contributed by atoms with E-state index in [1.807, 2.05) is 7.05 Å². The molecule has 2 fully saturated rings. The van der Waals surface area contributed by atoms with Crippen LogP contribution in [0.25, 0.3) is 0 Å². The van der Waals surface area contributed by atoms with Crippen LogP contribution < -0.4 is 5.32 Å². The van der Waals surface area contributed by atoms with Gasteiger partial charge in [0, 0.05) is 19.1 Å². The third-order valence-electron chi connectivity index (χ3n) is 2.75. The SMILES string of the molecule is CN[C@H]1CCN2CCO[C@@H]1C2. The zero-order valence-electron chi connectivity index (χ0n) is 7.05. The normalized spacial score (nSPS) is 43.9. The van der Waals surface area contributed by atoms with E-state index in [-0.39, 0.29) is 0 Å². The average molecular weight is 156 g/mol. The molecule has 0 aliphatic carbocycles. The summed E-state index contributed by atoms with van der Waals surface area (Å²) in [6.45, 7) is 4.42. The Morgan fingerprint density at radius 2 is 2.36 bits per heavy atom. The smallest absolute Gasteiger partial charge is 0.0855 e. The first kappa shape index (κ1) is 7.53. The van der Waals surface area contributed by atoms with Gasteiger partial charge in [0.25, 0.3) is 0 Å². The average Bonchev–Trinajstić information content (AvgIpc) is 2.06. The minimum atomic E-state index is 0.447. The molecule has 0 amide bonds. The summed E-state index contributed by atoms with van der Waals surface area (Å²) in [7, 11) is 2.03. The van der Waals surface area contributed by atoms with Gasteiger partial charge in [-0.25, -0.2) is 0 Å². The molecule has 2 aliphatic rings. The molecule has 0 saturated carbocycles. The van der Waals surface area contributed by atoms with E-state index >= 15 is 0 Å². The number of fused-ring (bicyclic) bond motifs is 2. The molecule has 0 aromatic heterocycles. The topological polar surface area (TPSA) is 24.5 Å².